The van der Waals surface area contributed by atoms with Crippen molar-refractivity contribution in [3.05, 3.63) is 36.5 Å². The molecule has 2 atom stereocenters. The summed E-state index contributed by atoms with van der Waals surface area (Å²) in [5, 5.41) is 0. The molecule has 1 aliphatic rings. The molecule has 0 fully saturated rings. The molecule has 0 N–H and O–H groups in total. The third-order valence-electron chi connectivity index (χ3n) is 4.28. The second-order valence-corrected chi connectivity index (χ2v) is 6.40. The lowest BCUT2D eigenvalue weighted by Gasteiger charge is -2.36. The summed E-state index contributed by atoms with van der Waals surface area (Å²) in [5.74, 6) is -0.488. The molecule has 2 heteroatoms. The van der Waals surface area contributed by atoms with E-state index in [1.807, 2.05) is 6.08 Å². The lowest BCUT2D eigenvalue weighted by atomic mass is 9.68. The summed E-state index contributed by atoms with van der Waals surface area (Å²) >= 11 is 0. The van der Waals surface area contributed by atoms with Gasteiger partial charge in [-0.3, -0.25) is 9.59 Å². The van der Waals surface area contributed by atoms with Gasteiger partial charge < -0.3 is 0 Å². The van der Waals surface area contributed by atoms with Crippen LogP contribution in [0.3, 0.4) is 0 Å². The van der Waals surface area contributed by atoms with Crippen LogP contribution in [0.2, 0.25) is 0 Å². The maximum Gasteiger partial charge on any atom is 0.166 e. The highest BCUT2D eigenvalue weighted by molar-refractivity contribution is 6.06. The van der Waals surface area contributed by atoms with E-state index in [9.17, 15) is 9.59 Å². The topological polar surface area (TPSA) is 34.1 Å². The Morgan fingerprint density at radius 3 is 2.65 bits per heavy atom. The first-order valence-electron chi connectivity index (χ1n) is 7.29. The smallest absolute Gasteiger partial charge is 0.166 e. The third-order valence-corrected chi connectivity index (χ3v) is 4.28. The first-order valence-corrected chi connectivity index (χ1v) is 7.29. The van der Waals surface area contributed by atoms with Crippen molar-refractivity contribution in [1.82, 2.24) is 0 Å². The lowest BCUT2D eigenvalue weighted by Crippen LogP contribution is -2.27. The third kappa shape index (κ3) is 4.03. The van der Waals surface area contributed by atoms with Gasteiger partial charge in [-0.1, -0.05) is 37.6 Å². The molecule has 20 heavy (non-hydrogen) atoms. The molecule has 0 saturated heterocycles. The highest BCUT2D eigenvalue weighted by atomic mass is 16.1. The Morgan fingerprint density at radius 2 is 2.15 bits per heavy atom. The van der Waals surface area contributed by atoms with Crippen molar-refractivity contribution in [2.45, 2.75) is 47.0 Å². The average molecular weight is 274 g/mol. The SMILES string of the molecule is C=CCC(C(C)=O)C(=O)C=CC1C(C)=CCCC1(C)C. The van der Waals surface area contributed by atoms with E-state index >= 15 is 0 Å². The Morgan fingerprint density at radius 1 is 1.50 bits per heavy atom. The molecule has 0 spiro atoms. The van der Waals surface area contributed by atoms with E-state index in [-0.39, 0.29) is 22.9 Å². The molecule has 0 aromatic carbocycles. The Hall–Kier alpha value is -1.44. The molecule has 0 heterocycles. The first kappa shape index (κ1) is 16.6. The van der Waals surface area contributed by atoms with Crippen LogP contribution in [0.5, 0.6) is 0 Å². The predicted molar refractivity (Wildman–Crippen MR) is 83.4 cm³/mol. The minimum Gasteiger partial charge on any atom is -0.299 e. The highest BCUT2D eigenvalue weighted by Gasteiger charge is 2.31. The molecule has 0 saturated carbocycles. The number of rotatable bonds is 6. The van der Waals surface area contributed by atoms with Gasteiger partial charge in [-0.25, -0.2) is 0 Å². The van der Waals surface area contributed by atoms with Gasteiger partial charge in [-0.15, -0.1) is 6.58 Å². The molecule has 0 radical (unpaired) electrons. The number of hydrogen-bond acceptors (Lipinski definition) is 2. The zero-order valence-corrected chi connectivity index (χ0v) is 13.1. The summed E-state index contributed by atoms with van der Waals surface area (Å²) in [7, 11) is 0. The van der Waals surface area contributed by atoms with Crippen molar-refractivity contribution < 1.29 is 9.59 Å². The predicted octanol–water partition coefficient (Wildman–Crippen LogP) is 4.28. The summed E-state index contributed by atoms with van der Waals surface area (Å²) in [6, 6.07) is 0. The molecule has 0 amide bonds. The Balaban J connectivity index is 2.87. The van der Waals surface area contributed by atoms with Crippen LogP contribution in [-0.2, 0) is 9.59 Å². The van der Waals surface area contributed by atoms with Crippen LogP contribution in [0.15, 0.2) is 36.5 Å². The molecule has 0 aromatic rings. The number of hydrogen-bond donors (Lipinski definition) is 0. The fourth-order valence-electron chi connectivity index (χ4n) is 2.94. The monoisotopic (exact) mass is 274 g/mol. The number of carbonyl (C=O) groups is 2. The van der Waals surface area contributed by atoms with E-state index in [0.29, 0.717) is 6.42 Å². The largest absolute Gasteiger partial charge is 0.299 e. The van der Waals surface area contributed by atoms with Gasteiger partial charge in [-0.05, 0) is 44.6 Å². The molecule has 2 nitrogen and oxygen atoms in total. The normalized spacial score (nSPS) is 23.2. The number of Topliss-reactive ketones (excluding diaryl/α,β-unsaturated/α-hetero) is 1. The number of allylic oxidation sites excluding steroid dienone is 5. The summed E-state index contributed by atoms with van der Waals surface area (Å²) in [4.78, 5) is 23.7. The first-order chi connectivity index (χ1) is 9.29. The van der Waals surface area contributed by atoms with Crippen LogP contribution in [0.25, 0.3) is 0 Å². The van der Waals surface area contributed by atoms with Crippen LogP contribution in [0.4, 0.5) is 0 Å². The van der Waals surface area contributed by atoms with E-state index in [1.165, 1.54) is 12.5 Å². The fraction of sp³-hybridized carbons (Fsp3) is 0.556. The van der Waals surface area contributed by atoms with Crippen molar-refractivity contribution in [2.75, 3.05) is 0 Å². The van der Waals surface area contributed by atoms with Crippen LogP contribution in [0.1, 0.15) is 47.0 Å². The van der Waals surface area contributed by atoms with Gasteiger partial charge in [0.15, 0.2) is 5.78 Å². The van der Waals surface area contributed by atoms with Crippen LogP contribution >= 0.6 is 0 Å². The van der Waals surface area contributed by atoms with Crippen LogP contribution in [-0.4, -0.2) is 11.6 Å². The average Bonchev–Trinajstić information content (AvgIpc) is 2.33. The summed E-state index contributed by atoms with van der Waals surface area (Å²) in [6.45, 7) is 11.7. The second kappa shape index (κ2) is 6.83. The zero-order chi connectivity index (χ0) is 15.3. The minimum absolute atomic E-state index is 0.0882. The van der Waals surface area contributed by atoms with Gasteiger partial charge in [-0.2, -0.15) is 0 Å². The minimum atomic E-state index is -0.570. The molecule has 2 unspecified atom stereocenters. The summed E-state index contributed by atoms with van der Waals surface area (Å²) < 4.78 is 0. The maximum atomic E-state index is 12.2. The quantitative estimate of drug-likeness (QED) is 0.411. The standard InChI is InChI=1S/C18H26O2/c1-6-8-15(14(3)19)17(20)11-10-16-13(2)9-7-12-18(16,4)5/h6,9-11,15-16H,1,7-8,12H2,2-5H3. The van der Waals surface area contributed by atoms with Crippen molar-refractivity contribution in [3.8, 4) is 0 Å². The van der Waals surface area contributed by atoms with Crippen molar-refractivity contribution >= 4 is 11.6 Å². The van der Waals surface area contributed by atoms with Crippen molar-refractivity contribution in [3.63, 3.8) is 0 Å². The van der Waals surface area contributed by atoms with E-state index in [0.717, 1.165) is 12.8 Å². The molecular formula is C18H26O2. The van der Waals surface area contributed by atoms with E-state index in [2.05, 4.69) is 33.4 Å². The number of ketones is 2. The Bertz CT molecular complexity index is 452. The van der Waals surface area contributed by atoms with Crippen LogP contribution in [0, 0.1) is 17.3 Å². The van der Waals surface area contributed by atoms with Crippen LogP contribution < -0.4 is 0 Å². The summed E-state index contributed by atoms with van der Waals surface area (Å²) in [5.41, 5.74) is 1.48. The molecular weight excluding hydrogens is 248 g/mol. The number of carbonyl (C=O) groups excluding carboxylic acids is 2. The fourth-order valence-corrected chi connectivity index (χ4v) is 2.94. The van der Waals surface area contributed by atoms with Gasteiger partial charge in [0.2, 0.25) is 0 Å². The van der Waals surface area contributed by atoms with E-state index in [4.69, 9.17) is 0 Å². The Labute approximate surface area is 122 Å². The lowest BCUT2D eigenvalue weighted by molar-refractivity contribution is -0.128. The van der Waals surface area contributed by atoms with Gasteiger partial charge in [0.1, 0.15) is 5.78 Å². The molecule has 0 bridgehead atoms. The van der Waals surface area contributed by atoms with E-state index in [1.54, 1.807) is 12.2 Å². The van der Waals surface area contributed by atoms with Gasteiger partial charge in [0, 0.05) is 5.92 Å². The van der Waals surface area contributed by atoms with Gasteiger partial charge in [0.05, 0.1) is 5.92 Å². The second-order valence-electron chi connectivity index (χ2n) is 6.40. The molecule has 1 aliphatic carbocycles. The molecule has 110 valence electrons. The van der Waals surface area contributed by atoms with Crippen molar-refractivity contribution in [1.29, 1.82) is 0 Å². The molecule has 0 aromatic heterocycles. The summed E-state index contributed by atoms with van der Waals surface area (Å²) in [6.07, 6.45) is 10.1. The maximum absolute atomic E-state index is 12.2. The molecule has 1 rings (SSSR count). The van der Waals surface area contributed by atoms with Gasteiger partial charge in [0.25, 0.3) is 0 Å². The van der Waals surface area contributed by atoms with E-state index < -0.39 is 5.92 Å². The van der Waals surface area contributed by atoms with Crippen molar-refractivity contribution in [2.24, 2.45) is 17.3 Å². The zero-order valence-electron chi connectivity index (χ0n) is 13.1. The molecule has 0 aliphatic heterocycles. The van der Waals surface area contributed by atoms with Gasteiger partial charge >= 0.3 is 0 Å². The highest BCUT2D eigenvalue weighted by Crippen LogP contribution is 2.41. The Kier molecular flexibility index (Phi) is 5.67.